The fourth-order valence-corrected chi connectivity index (χ4v) is 3.44. The van der Waals surface area contributed by atoms with Gasteiger partial charge in [-0.3, -0.25) is 4.98 Å². The molecule has 5 heteroatoms. The molecule has 1 N–H and O–H groups in total. The summed E-state index contributed by atoms with van der Waals surface area (Å²) in [7, 11) is 0. The second-order valence-electron chi connectivity index (χ2n) is 4.66. The molecule has 0 aliphatic heterocycles. The van der Waals surface area contributed by atoms with Gasteiger partial charge in [0.1, 0.15) is 0 Å². The number of fused-ring (bicyclic) bond motifs is 2. The summed E-state index contributed by atoms with van der Waals surface area (Å²) in [6, 6.07) is 13.8. The Morgan fingerprint density at radius 1 is 1.10 bits per heavy atom. The lowest BCUT2D eigenvalue weighted by Crippen LogP contribution is -1.90. The van der Waals surface area contributed by atoms with Gasteiger partial charge in [-0.25, -0.2) is 4.98 Å². The molecule has 0 radical (unpaired) electrons. The highest BCUT2D eigenvalue weighted by molar-refractivity contribution is 7.22. The maximum Gasteiger partial charge on any atom is 0.188 e. The van der Waals surface area contributed by atoms with Gasteiger partial charge in [0.2, 0.25) is 0 Å². The molecule has 2 heterocycles. The molecule has 0 saturated carbocycles. The van der Waals surface area contributed by atoms with Crippen LogP contribution in [0.25, 0.3) is 21.0 Å². The van der Waals surface area contributed by atoms with E-state index in [1.165, 1.54) is 0 Å². The van der Waals surface area contributed by atoms with Gasteiger partial charge >= 0.3 is 0 Å². The van der Waals surface area contributed by atoms with Crippen LogP contribution in [0, 0.1) is 0 Å². The highest BCUT2D eigenvalue weighted by Gasteiger charge is 2.06. The SMILES string of the molecule is Clc1ccc2nc(Nc3cccc4ccncc34)sc2c1. The Bertz CT molecular complexity index is 943. The van der Waals surface area contributed by atoms with Gasteiger partial charge in [-0.05, 0) is 35.7 Å². The maximum atomic E-state index is 6.02. The van der Waals surface area contributed by atoms with Crippen molar-refractivity contribution in [2.24, 2.45) is 0 Å². The van der Waals surface area contributed by atoms with E-state index < -0.39 is 0 Å². The van der Waals surface area contributed by atoms with E-state index in [-0.39, 0.29) is 0 Å². The highest BCUT2D eigenvalue weighted by atomic mass is 35.5. The van der Waals surface area contributed by atoms with Crippen LogP contribution in [0.4, 0.5) is 10.8 Å². The summed E-state index contributed by atoms with van der Waals surface area (Å²) in [5.41, 5.74) is 1.95. The van der Waals surface area contributed by atoms with Gasteiger partial charge < -0.3 is 5.32 Å². The summed E-state index contributed by atoms with van der Waals surface area (Å²) < 4.78 is 1.07. The number of benzene rings is 2. The number of anilines is 2. The average Bonchev–Trinajstić information content (AvgIpc) is 2.89. The lowest BCUT2D eigenvalue weighted by atomic mass is 10.1. The smallest absolute Gasteiger partial charge is 0.188 e. The lowest BCUT2D eigenvalue weighted by Gasteiger charge is -2.06. The molecule has 0 saturated heterocycles. The number of halogens is 1. The first-order valence-corrected chi connectivity index (χ1v) is 7.65. The zero-order valence-corrected chi connectivity index (χ0v) is 12.4. The minimum absolute atomic E-state index is 0.729. The summed E-state index contributed by atoms with van der Waals surface area (Å²) in [6.07, 6.45) is 3.66. The molecular formula is C16H10ClN3S. The van der Waals surface area contributed by atoms with Crippen molar-refractivity contribution in [2.45, 2.75) is 0 Å². The van der Waals surface area contributed by atoms with E-state index in [4.69, 9.17) is 11.6 Å². The number of rotatable bonds is 2. The van der Waals surface area contributed by atoms with Crippen molar-refractivity contribution in [3.8, 4) is 0 Å². The Morgan fingerprint density at radius 3 is 3.00 bits per heavy atom. The van der Waals surface area contributed by atoms with Crippen molar-refractivity contribution in [2.75, 3.05) is 5.32 Å². The van der Waals surface area contributed by atoms with Crippen LogP contribution in [-0.4, -0.2) is 9.97 Å². The van der Waals surface area contributed by atoms with Gasteiger partial charge in [0.25, 0.3) is 0 Å². The third-order valence-electron chi connectivity index (χ3n) is 3.28. The van der Waals surface area contributed by atoms with E-state index in [1.807, 2.05) is 42.6 Å². The first-order chi connectivity index (χ1) is 10.3. The molecule has 0 spiro atoms. The maximum absolute atomic E-state index is 6.02. The molecule has 0 aliphatic carbocycles. The number of aromatic nitrogens is 2. The molecule has 0 aliphatic rings. The van der Waals surface area contributed by atoms with Crippen LogP contribution >= 0.6 is 22.9 Å². The number of pyridine rings is 1. The molecular weight excluding hydrogens is 302 g/mol. The van der Waals surface area contributed by atoms with Crippen LogP contribution < -0.4 is 5.32 Å². The van der Waals surface area contributed by atoms with Crippen LogP contribution in [0.5, 0.6) is 0 Å². The van der Waals surface area contributed by atoms with Crippen molar-refractivity contribution in [1.82, 2.24) is 9.97 Å². The Balaban J connectivity index is 1.79. The monoisotopic (exact) mass is 311 g/mol. The highest BCUT2D eigenvalue weighted by Crippen LogP contribution is 2.32. The van der Waals surface area contributed by atoms with E-state index in [0.717, 1.165) is 36.8 Å². The number of hydrogen-bond acceptors (Lipinski definition) is 4. The molecule has 0 fully saturated rings. The average molecular weight is 312 g/mol. The number of thiazole rings is 1. The molecule has 4 rings (SSSR count). The van der Waals surface area contributed by atoms with Gasteiger partial charge in [-0.15, -0.1) is 0 Å². The first-order valence-electron chi connectivity index (χ1n) is 6.45. The van der Waals surface area contributed by atoms with Crippen molar-refractivity contribution in [3.63, 3.8) is 0 Å². The summed E-state index contributed by atoms with van der Waals surface area (Å²) in [5, 5.41) is 7.19. The van der Waals surface area contributed by atoms with E-state index in [0.29, 0.717) is 0 Å². The van der Waals surface area contributed by atoms with Crippen LogP contribution in [0.15, 0.2) is 54.9 Å². The Labute approximate surface area is 130 Å². The third-order valence-corrected chi connectivity index (χ3v) is 4.44. The molecule has 3 nitrogen and oxygen atoms in total. The van der Waals surface area contributed by atoms with E-state index >= 15 is 0 Å². The van der Waals surface area contributed by atoms with Gasteiger partial charge in [-0.1, -0.05) is 35.1 Å². The predicted octanol–water partition coefficient (Wildman–Crippen LogP) is 5.24. The van der Waals surface area contributed by atoms with E-state index in [9.17, 15) is 0 Å². The summed E-state index contributed by atoms with van der Waals surface area (Å²) in [4.78, 5) is 8.78. The lowest BCUT2D eigenvalue weighted by molar-refractivity contribution is 1.36. The van der Waals surface area contributed by atoms with Gasteiger partial charge in [0.05, 0.1) is 10.2 Å². The zero-order chi connectivity index (χ0) is 14.2. The van der Waals surface area contributed by atoms with Crippen molar-refractivity contribution < 1.29 is 0 Å². The molecule has 21 heavy (non-hydrogen) atoms. The standard InChI is InChI=1S/C16H10ClN3S/c17-11-4-5-14-15(8-11)21-16(20-14)19-13-3-1-2-10-6-7-18-9-12(10)13/h1-9H,(H,19,20). The van der Waals surface area contributed by atoms with Crippen molar-refractivity contribution in [1.29, 1.82) is 0 Å². The third kappa shape index (κ3) is 2.33. The number of hydrogen-bond donors (Lipinski definition) is 1. The molecule has 2 aromatic carbocycles. The van der Waals surface area contributed by atoms with Crippen LogP contribution in [0.1, 0.15) is 0 Å². The Hall–Kier alpha value is -2.17. The van der Waals surface area contributed by atoms with Gasteiger partial charge in [-0.2, -0.15) is 0 Å². The normalized spacial score (nSPS) is 11.1. The predicted molar refractivity (Wildman–Crippen MR) is 89.7 cm³/mol. The molecule has 2 aromatic heterocycles. The Kier molecular flexibility index (Phi) is 2.98. The Morgan fingerprint density at radius 2 is 2.05 bits per heavy atom. The minimum Gasteiger partial charge on any atom is -0.331 e. The van der Waals surface area contributed by atoms with Crippen LogP contribution in [-0.2, 0) is 0 Å². The van der Waals surface area contributed by atoms with Gasteiger partial charge in [0, 0.05) is 28.5 Å². The number of nitrogens with zero attached hydrogens (tertiary/aromatic N) is 2. The topological polar surface area (TPSA) is 37.8 Å². The number of nitrogens with one attached hydrogen (secondary N) is 1. The fraction of sp³-hybridized carbons (Fsp3) is 0. The van der Waals surface area contributed by atoms with Crippen LogP contribution in [0.3, 0.4) is 0 Å². The second-order valence-corrected chi connectivity index (χ2v) is 6.13. The quantitative estimate of drug-likeness (QED) is 0.550. The molecule has 0 atom stereocenters. The molecule has 0 unspecified atom stereocenters. The summed E-state index contributed by atoms with van der Waals surface area (Å²) in [5.74, 6) is 0. The van der Waals surface area contributed by atoms with E-state index in [2.05, 4.69) is 21.4 Å². The van der Waals surface area contributed by atoms with Crippen LogP contribution in [0.2, 0.25) is 5.02 Å². The molecule has 0 bridgehead atoms. The second kappa shape index (κ2) is 4.98. The van der Waals surface area contributed by atoms with Gasteiger partial charge in [0.15, 0.2) is 5.13 Å². The molecule has 4 aromatic rings. The fourth-order valence-electron chi connectivity index (χ4n) is 2.29. The van der Waals surface area contributed by atoms with Crippen molar-refractivity contribution >= 4 is 54.7 Å². The van der Waals surface area contributed by atoms with Crippen molar-refractivity contribution in [3.05, 3.63) is 59.9 Å². The zero-order valence-electron chi connectivity index (χ0n) is 10.9. The minimum atomic E-state index is 0.729. The summed E-state index contributed by atoms with van der Waals surface area (Å²) in [6.45, 7) is 0. The molecule has 0 amide bonds. The van der Waals surface area contributed by atoms with E-state index in [1.54, 1.807) is 17.5 Å². The molecule has 102 valence electrons. The first kappa shape index (κ1) is 12.6. The summed E-state index contributed by atoms with van der Waals surface area (Å²) >= 11 is 7.60. The largest absolute Gasteiger partial charge is 0.331 e.